The summed E-state index contributed by atoms with van der Waals surface area (Å²) >= 11 is 0. The third kappa shape index (κ3) is 6.69. The molecule has 0 spiro atoms. The first kappa shape index (κ1) is 18.6. The Balaban J connectivity index is 1.74. The summed E-state index contributed by atoms with van der Waals surface area (Å²) in [5.41, 5.74) is 0.446. The second kappa shape index (κ2) is 8.90. The fourth-order valence-corrected chi connectivity index (χ4v) is 1.95. The summed E-state index contributed by atoms with van der Waals surface area (Å²) in [7, 11) is 0. The zero-order chi connectivity index (χ0) is 18.1. The van der Waals surface area contributed by atoms with Gasteiger partial charge in [0.2, 0.25) is 5.91 Å². The molecule has 2 aromatic carbocycles. The van der Waals surface area contributed by atoms with Crippen molar-refractivity contribution >= 4 is 5.91 Å². The first-order valence-electron chi connectivity index (χ1n) is 7.49. The fraction of sp³-hybridized carbons (Fsp3) is 0.211. The Morgan fingerprint density at radius 3 is 2.56 bits per heavy atom. The summed E-state index contributed by atoms with van der Waals surface area (Å²) in [5.74, 6) is 4.86. The second-order valence-corrected chi connectivity index (χ2v) is 5.14. The highest BCUT2D eigenvalue weighted by molar-refractivity contribution is 5.77. The van der Waals surface area contributed by atoms with Crippen molar-refractivity contribution in [2.45, 2.75) is 12.8 Å². The van der Waals surface area contributed by atoms with Crippen LogP contribution in [0, 0.1) is 11.8 Å². The molecule has 6 heteroatoms. The van der Waals surface area contributed by atoms with Gasteiger partial charge in [-0.25, -0.2) is 0 Å². The molecule has 0 bridgehead atoms. The molecule has 25 heavy (non-hydrogen) atoms. The number of halogens is 3. The Hall–Kier alpha value is -2.78. The summed E-state index contributed by atoms with van der Waals surface area (Å²) in [4.78, 5) is 11.6. The van der Waals surface area contributed by atoms with Gasteiger partial charge in [-0.2, -0.15) is 13.2 Å². The molecule has 0 aliphatic rings. The fourth-order valence-electron chi connectivity index (χ4n) is 1.95. The van der Waals surface area contributed by atoms with E-state index in [0.29, 0.717) is 6.61 Å². The van der Waals surface area contributed by atoms with E-state index in [1.54, 1.807) is 0 Å². The van der Waals surface area contributed by atoms with Crippen molar-refractivity contribution in [2.24, 2.45) is 0 Å². The van der Waals surface area contributed by atoms with E-state index in [-0.39, 0.29) is 24.6 Å². The highest BCUT2D eigenvalue weighted by Crippen LogP contribution is 2.29. The van der Waals surface area contributed by atoms with Crippen molar-refractivity contribution in [2.75, 3.05) is 13.2 Å². The first-order valence-corrected chi connectivity index (χ1v) is 7.49. The molecule has 0 aliphatic carbocycles. The van der Waals surface area contributed by atoms with Crippen LogP contribution >= 0.6 is 0 Å². The molecule has 2 aromatic rings. The molecule has 0 radical (unpaired) electrons. The van der Waals surface area contributed by atoms with Crippen LogP contribution in [0.2, 0.25) is 0 Å². The summed E-state index contributed by atoms with van der Waals surface area (Å²) in [6.07, 6.45) is -4.40. The minimum atomic E-state index is -4.40. The highest BCUT2D eigenvalue weighted by Gasteiger charge is 2.30. The van der Waals surface area contributed by atoms with Gasteiger partial charge in [0, 0.05) is 5.56 Å². The summed E-state index contributed by atoms with van der Waals surface area (Å²) in [5, 5.41) is 2.52. The third-order valence-corrected chi connectivity index (χ3v) is 3.14. The maximum atomic E-state index is 12.6. The predicted molar refractivity (Wildman–Crippen MR) is 87.4 cm³/mol. The van der Waals surface area contributed by atoms with E-state index < -0.39 is 11.7 Å². The summed E-state index contributed by atoms with van der Waals surface area (Å²) in [6, 6.07) is 14.1. The molecule has 0 saturated carbocycles. The van der Waals surface area contributed by atoms with Crippen LogP contribution in [0.3, 0.4) is 0 Å². The Labute approximate surface area is 143 Å². The lowest BCUT2D eigenvalue weighted by Gasteiger charge is -2.06. The van der Waals surface area contributed by atoms with Gasteiger partial charge >= 0.3 is 6.18 Å². The minimum Gasteiger partial charge on any atom is -0.367 e. The molecule has 0 atom stereocenters. The average molecular weight is 347 g/mol. The van der Waals surface area contributed by atoms with Crippen LogP contribution in [0.5, 0.6) is 0 Å². The SMILES string of the molecule is O=C(COCc1ccccc1)NCC#Cc1cccc(C(F)(F)F)c1. The second-order valence-electron chi connectivity index (χ2n) is 5.14. The third-order valence-electron chi connectivity index (χ3n) is 3.14. The molecule has 3 nitrogen and oxygen atoms in total. The maximum absolute atomic E-state index is 12.6. The van der Waals surface area contributed by atoms with Gasteiger partial charge in [-0.3, -0.25) is 4.79 Å². The van der Waals surface area contributed by atoms with Crippen molar-refractivity contribution in [3.05, 3.63) is 71.3 Å². The van der Waals surface area contributed by atoms with Crippen LogP contribution in [-0.2, 0) is 22.3 Å². The molecule has 0 heterocycles. The molecule has 1 amide bonds. The molecular formula is C19H16F3NO2. The number of carbonyl (C=O) groups is 1. The maximum Gasteiger partial charge on any atom is 0.416 e. The molecule has 1 N–H and O–H groups in total. The number of hydrogen-bond acceptors (Lipinski definition) is 2. The van der Waals surface area contributed by atoms with Gasteiger partial charge in [0.25, 0.3) is 0 Å². The topological polar surface area (TPSA) is 38.3 Å². The molecule has 0 aliphatic heterocycles. The van der Waals surface area contributed by atoms with Crippen molar-refractivity contribution in [1.29, 1.82) is 0 Å². The number of amides is 1. The number of ether oxygens (including phenoxy) is 1. The van der Waals surface area contributed by atoms with E-state index in [1.807, 2.05) is 30.3 Å². The molecule has 0 fully saturated rings. The van der Waals surface area contributed by atoms with Gasteiger partial charge in [-0.05, 0) is 23.8 Å². The Kier molecular flexibility index (Phi) is 6.61. The quantitative estimate of drug-likeness (QED) is 0.842. The smallest absolute Gasteiger partial charge is 0.367 e. The van der Waals surface area contributed by atoms with Crippen molar-refractivity contribution in [3.63, 3.8) is 0 Å². The van der Waals surface area contributed by atoms with Gasteiger partial charge in [0.05, 0.1) is 18.7 Å². The Bertz CT molecular complexity index is 761. The molecule has 0 saturated heterocycles. The number of hydrogen-bond donors (Lipinski definition) is 1. The molecule has 0 unspecified atom stereocenters. The van der Waals surface area contributed by atoms with Crippen molar-refractivity contribution in [3.8, 4) is 11.8 Å². The first-order chi connectivity index (χ1) is 11.9. The molecule has 130 valence electrons. The van der Waals surface area contributed by atoms with Crippen LogP contribution in [0.25, 0.3) is 0 Å². The zero-order valence-electron chi connectivity index (χ0n) is 13.3. The minimum absolute atomic E-state index is 0.0315. The van der Waals surface area contributed by atoms with E-state index in [4.69, 9.17) is 4.74 Å². The number of alkyl halides is 3. The van der Waals surface area contributed by atoms with Crippen molar-refractivity contribution in [1.82, 2.24) is 5.32 Å². The zero-order valence-corrected chi connectivity index (χ0v) is 13.3. The van der Waals surface area contributed by atoms with E-state index in [9.17, 15) is 18.0 Å². The standard InChI is InChI=1S/C19H16F3NO2/c20-19(21,22)17-10-4-8-15(12-17)9-5-11-23-18(24)14-25-13-16-6-2-1-3-7-16/h1-4,6-8,10,12H,11,13-14H2,(H,23,24). The van der Waals surface area contributed by atoms with Gasteiger partial charge in [0.15, 0.2) is 0 Å². The van der Waals surface area contributed by atoms with Gasteiger partial charge in [-0.15, -0.1) is 0 Å². The van der Waals surface area contributed by atoms with E-state index in [2.05, 4.69) is 17.2 Å². The van der Waals surface area contributed by atoms with Crippen LogP contribution in [0.15, 0.2) is 54.6 Å². The average Bonchev–Trinajstić information content (AvgIpc) is 2.59. The van der Waals surface area contributed by atoms with Gasteiger partial charge in [0.1, 0.15) is 6.61 Å². The lowest BCUT2D eigenvalue weighted by molar-refractivity contribution is -0.137. The van der Waals surface area contributed by atoms with Crippen LogP contribution in [0.1, 0.15) is 16.7 Å². The van der Waals surface area contributed by atoms with Gasteiger partial charge in [-0.1, -0.05) is 48.2 Å². The predicted octanol–water partition coefficient (Wildman–Crippen LogP) is 3.39. The summed E-state index contributed by atoms with van der Waals surface area (Å²) < 4.78 is 43.0. The van der Waals surface area contributed by atoms with E-state index in [1.165, 1.54) is 12.1 Å². The van der Waals surface area contributed by atoms with E-state index in [0.717, 1.165) is 17.7 Å². The molecular weight excluding hydrogens is 331 g/mol. The molecule has 2 rings (SSSR count). The van der Waals surface area contributed by atoms with Crippen LogP contribution in [0.4, 0.5) is 13.2 Å². The Morgan fingerprint density at radius 2 is 1.84 bits per heavy atom. The highest BCUT2D eigenvalue weighted by atomic mass is 19.4. The lowest BCUT2D eigenvalue weighted by atomic mass is 10.1. The summed E-state index contributed by atoms with van der Waals surface area (Å²) in [6.45, 7) is 0.244. The van der Waals surface area contributed by atoms with E-state index >= 15 is 0 Å². The van der Waals surface area contributed by atoms with Crippen LogP contribution < -0.4 is 5.32 Å². The number of rotatable bonds is 5. The van der Waals surface area contributed by atoms with Crippen molar-refractivity contribution < 1.29 is 22.7 Å². The largest absolute Gasteiger partial charge is 0.416 e. The monoisotopic (exact) mass is 347 g/mol. The number of nitrogens with one attached hydrogen (secondary N) is 1. The number of carbonyl (C=O) groups excluding carboxylic acids is 1. The normalized spacial score (nSPS) is 10.7. The van der Waals surface area contributed by atoms with Crippen LogP contribution in [-0.4, -0.2) is 19.1 Å². The molecule has 0 aromatic heterocycles. The lowest BCUT2D eigenvalue weighted by Crippen LogP contribution is -2.27. The number of benzene rings is 2. The van der Waals surface area contributed by atoms with Gasteiger partial charge < -0.3 is 10.1 Å². The Morgan fingerprint density at radius 1 is 1.08 bits per heavy atom.